The van der Waals surface area contributed by atoms with Gasteiger partial charge in [0.25, 0.3) is 0 Å². The fourth-order valence-electron chi connectivity index (χ4n) is 2.05. The lowest BCUT2D eigenvalue weighted by atomic mass is 10.3. The number of hydrogen-bond acceptors (Lipinski definition) is 3. The second kappa shape index (κ2) is 7.60. The minimum absolute atomic E-state index is 0.0714. The Kier molecular flexibility index (Phi) is 6.37. The monoisotopic (exact) mass is 232 g/mol. The molecule has 1 fully saturated rings. The van der Waals surface area contributed by atoms with Gasteiger partial charge in [-0.1, -0.05) is 0 Å². The van der Waals surface area contributed by atoms with Crippen LogP contribution in [0.3, 0.4) is 0 Å². The molecule has 0 atom stereocenters. The van der Waals surface area contributed by atoms with Gasteiger partial charge < -0.3 is 19.3 Å². The van der Waals surface area contributed by atoms with Gasteiger partial charge in [0.05, 0.1) is 13.2 Å². The van der Waals surface area contributed by atoms with Gasteiger partial charge >= 0.3 is 5.97 Å². The molecule has 1 aliphatic rings. The van der Waals surface area contributed by atoms with E-state index < -0.39 is 0 Å². The molecular weight excluding hydrogens is 208 g/mol. The molecule has 2 N–H and O–H groups in total. The molecule has 0 aliphatic carbocycles. The lowest BCUT2D eigenvalue weighted by Crippen LogP contribution is -3.28. The van der Waals surface area contributed by atoms with E-state index in [9.17, 15) is 4.79 Å². The third-order valence-electron chi connectivity index (χ3n) is 3.02. The molecule has 5 heteroatoms. The molecule has 0 saturated carbocycles. The quantitative estimate of drug-likeness (QED) is 0.479. The predicted octanol–water partition coefficient (Wildman–Crippen LogP) is -3.02. The molecule has 0 unspecified atom stereocenters. The summed E-state index contributed by atoms with van der Waals surface area (Å²) in [5.41, 5.74) is 0. The van der Waals surface area contributed by atoms with Crippen LogP contribution in [0.2, 0.25) is 0 Å². The summed E-state index contributed by atoms with van der Waals surface area (Å²) >= 11 is 0. The van der Waals surface area contributed by atoms with Crippen LogP contribution in [-0.4, -0.2) is 65.6 Å². The molecule has 16 heavy (non-hydrogen) atoms. The molecule has 1 heterocycles. The Bertz CT molecular complexity index is 203. The summed E-state index contributed by atoms with van der Waals surface area (Å²) in [4.78, 5) is 14.2. The molecule has 0 spiro atoms. The van der Waals surface area contributed by atoms with Crippen molar-refractivity contribution in [2.45, 2.75) is 6.92 Å². The number of carbonyl (C=O) groups excluding carboxylic acids is 1. The summed E-state index contributed by atoms with van der Waals surface area (Å²) in [5.74, 6) is -0.0714. The van der Waals surface area contributed by atoms with E-state index in [0.717, 1.165) is 39.3 Å². The molecule has 94 valence electrons. The first-order valence-corrected chi connectivity index (χ1v) is 6.08. The van der Waals surface area contributed by atoms with E-state index in [1.807, 2.05) is 6.92 Å². The van der Waals surface area contributed by atoms with E-state index in [1.165, 1.54) is 4.90 Å². The van der Waals surface area contributed by atoms with Crippen LogP contribution in [0.1, 0.15) is 6.92 Å². The van der Waals surface area contributed by atoms with Gasteiger partial charge in [0.2, 0.25) is 0 Å². The Balaban J connectivity index is 2.14. The maximum Gasteiger partial charge on any atom is 0.361 e. The lowest BCUT2D eigenvalue weighted by molar-refractivity contribution is -1.01. The molecule has 0 amide bonds. The van der Waals surface area contributed by atoms with Crippen LogP contribution in [0.15, 0.2) is 0 Å². The number of esters is 1. The molecule has 0 aromatic carbocycles. The molecule has 5 nitrogen and oxygen atoms in total. The highest BCUT2D eigenvalue weighted by Gasteiger charge is 2.24. The predicted molar refractivity (Wildman–Crippen MR) is 59.6 cm³/mol. The fourth-order valence-corrected chi connectivity index (χ4v) is 2.05. The molecule has 1 aliphatic heterocycles. The van der Waals surface area contributed by atoms with Crippen LogP contribution >= 0.6 is 0 Å². The third kappa shape index (κ3) is 4.92. The summed E-state index contributed by atoms with van der Waals surface area (Å²) in [5, 5.41) is 0. The van der Waals surface area contributed by atoms with E-state index >= 15 is 0 Å². The van der Waals surface area contributed by atoms with Crippen LogP contribution in [0, 0.1) is 0 Å². The highest BCUT2D eigenvalue weighted by atomic mass is 16.5. The van der Waals surface area contributed by atoms with Gasteiger partial charge in [0, 0.05) is 7.11 Å². The van der Waals surface area contributed by atoms with Gasteiger partial charge in [-0.3, -0.25) is 0 Å². The van der Waals surface area contributed by atoms with Crippen molar-refractivity contribution in [1.82, 2.24) is 0 Å². The van der Waals surface area contributed by atoms with Crippen LogP contribution in [0.25, 0.3) is 0 Å². The summed E-state index contributed by atoms with van der Waals surface area (Å²) in [7, 11) is 1.74. The zero-order valence-corrected chi connectivity index (χ0v) is 10.4. The number of nitrogens with one attached hydrogen (secondary N) is 2. The minimum atomic E-state index is -0.0714. The molecule has 1 rings (SSSR count). The molecule has 1 saturated heterocycles. The largest absolute Gasteiger partial charge is 0.462 e. The lowest BCUT2D eigenvalue weighted by Gasteiger charge is -2.28. The Labute approximate surface area is 97.3 Å². The number of carbonyl (C=O) groups is 1. The van der Waals surface area contributed by atoms with Crippen molar-refractivity contribution >= 4 is 5.97 Å². The third-order valence-corrected chi connectivity index (χ3v) is 3.02. The van der Waals surface area contributed by atoms with Crippen molar-refractivity contribution in [3.05, 3.63) is 0 Å². The van der Waals surface area contributed by atoms with Gasteiger partial charge in [-0.15, -0.1) is 0 Å². The standard InChI is InChI=1S/C11H22N2O3/c1-3-16-11(14)10-13-6-4-12(5-7-13)8-9-15-2/h3-10H2,1-2H3/p+2. The number of piperazine rings is 1. The average Bonchev–Trinajstić information content (AvgIpc) is 2.28. The second-order valence-corrected chi connectivity index (χ2v) is 4.22. The first-order valence-electron chi connectivity index (χ1n) is 6.08. The van der Waals surface area contributed by atoms with Crippen LogP contribution in [0.5, 0.6) is 0 Å². The van der Waals surface area contributed by atoms with Crippen molar-refractivity contribution in [3.8, 4) is 0 Å². The Morgan fingerprint density at radius 1 is 1.19 bits per heavy atom. The normalized spacial score (nSPS) is 25.4. The molecule has 0 bridgehead atoms. The Morgan fingerprint density at radius 3 is 2.38 bits per heavy atom. The zero-order chi connectivity index (χ0) is 11.8. The topological polar surface area (TPSA) is 44.4 Å². The van der Waals surface area contributed by atoms with E-state index in [0.29, 0.717) is 13.2 Å². The summed E-state index contributed by atoms with van der Waals surface area (Å²) in [6.45, 7) is 9.10. The Hall–Kier alpha value is -0.650. The smallest absolute Gasteiger partial charge is 0.361 e. The number of methoxy groups -OCH3 is 1. The summed E-state index contributed by atoms with van der Waals surface area (Å²) in [6.07, 6.45) is 0. The first-order chi connectivity index (χ1) is 7.76. The van der Waals surface area contributed by atoms with Crippen LogP contribution in [-0.2, 0) is 14.3 Å². The minimum Gasteiger partial charge on any atom is -0.462 e. The molecule has 0 radical (unpaired) electrons. The van der Waals surface area contributed by atoms with E-state index in [1.54, 1.807) is 12.0 Å². The van der Waals surface area contributed by atoms with Crippen molar-refractivity contribution in [3.63, 3.8) is 0 Å². The van der Waals surface area contributed by atoms with Gasteiger partial charge in [-0.05, 0) is 6.92 Å². The van der Waals surface area contributed by atoms with Crippen LogP contribution < -0.4 is 9.80 Å². The van der Waals surface area contributed by atoms with Gasteiger partial charge in [0.1, 0.15) is 32.7 Å². The van der Waals surface area contributed by atoms with Crippen LogP contribution in [0.4, 0.5) is 0 Å². The van der Waals surface area contributed by atoms with Crippen molar-refractivity contribution < 1.29 is 24.1 Å². The SMILES string of the molecule is CCOC(=O)C[NH+]1CC[NH+](CCOC)CC1. The van der Waals surface area contributed by atoms with Gasteiger partial charge in [-0.25, -0.2) is 4.79 Å². The Morgan fingerprint density at radius 2 is 1.81 bits per heavy atom. The van der Waals surface area contributed by atoms with E-state index in [2.05, 4.69) is 0 Å². The summed E-state index contributed by atoms with van der Waals surface area (Å²) < 4.78 is 10.0. The number of rotatable bonds is 6. The molecule has 0 aromatic heterocycles. The maximum atomic E-state index is 11.3. The summed E-state index contributed by atoms with van der Waals surface area (Å²) in [6, 6.07) is 0. The van der Waals surface area contributed by atoms with Crippen molar-refractivity contribution in [2.75, 3.05) is 59.6 Å². The molecular formula is C11H24N2O3+2. The molecule has 0 aromatic rings. The fraction of sp³-hybridized carbons (Fsp3) is 0.909. The first kappa shape index (κ1) is 13.4. The number of hydrogen-bond donors (Lipinski definition) is 2. The van der Waals surface area contributed by atoms with Crippen molar-refractivity contribution in [1.29, 1.82) is 0 Å². The second-order valence-electron chi connectivity index (χ2n) is 4.22. The van der Waals surface area contributed by atoms with Gasteiger partial charge in [-0.2, -0.15) is 0 Å². The zero-order valence-electron chi connectivity index (χ0n) is 10.4. The number of quaternary nitrogens is 2. The average molecular weight is 232 g/mol. The maximum absolute atomic E-state index is 11.3. The van der Waals surface area contributed by atoms with E-state index in [-0.39, 0.29) is 5.97 Å². The number of ether oxygens (including phenoxy) is 2. The van der Waals surface area contributed by atoms with Gasteiger partial charge in [0.15, 0.2) is 6.54 Å². The highest BCUT2D eigenvalue weighted by molar-refractivity contribution is 5.70. The van der Waals surface area contributed by atoms with E-state index in [4.69, 9.17) is 9.47 Å². The van der Waals surface area contributed by atoms with Crippen molar-refractivity contribution in [2.24, 2.45) is 0 Å². The highest BCUT2D eigenvalue weighted by Crippen LogP contribution is 1.73.